The molecule has 0 saturated carbocycles. The lowest BCUT2D eigenvalue weighted by Gasteiger charge is -2.11. The van der Waals surface area contributed by atoms with Gasteiger partial charge < -0.3 is 10.1 Å². The topological polar surface area (TPSA) is 116 Å². The fourth-order valence-corrected chi connectivity index (χ4v) is 4.44. The number of para-hydroxylation sites is 1. The van der Waals surface area contributed by atoms with Crippen molar-refractivity contribution in [2.24, 2.45) is 0 Å². The summed E-state index contributed by atoms with van der Waals surface area (Å²) in [5, 5.41) is 10.5. The van der Waals surface area contributed by atoms with Gasteiger partial charge >= 0.3 is 5.97 Å². The summed E-state index contributed by atoms with van der Waals surface area (Å²) in [7, 11) is -0.842. The van der Waals surface area contributed by atoms with Crippen molar-refractivity contribution in [3.8, 4) is 11.5 Å². The van der Waals surface area contributed by atoms with Crippen molar-refractivity contribution in [1.82, 2.24) is 19.3 Å². The molecular weight excluding hydrogens is 404 g/mol. The van der Waals surface area contributed by atoms with E-state index >= 15 is 0 Å². The van der Waals surface area contributed by atoms with Gasteiger partial charge in [0.1, 0.15) is 16.1 Å². The maximum absolute atomic E-state index is 12.7. The molecule has 0 aliphatic heterocycles. The number of rotatable bonds is 4. The molecule has 0 atom stereocenters. The first-order chi connectivity index (χ1) is 14.1. The van der Waals surface area contributed by atoms with E-state index in [2.05, 4.69) is 15.0 Å². The first-order valence-corrected chi connectivity index (χ1v) is 10.6. The molecule has 30 heavy (non-hydrogen) atoms. The number of aromatic nitrogens is 3. The van der Waals surface area contributed by atoms with Gasteiger partial charge in [-0.2, -0.15) is 0 Å². The van der Waals surface area contributed by atoms with Crippen molar-refractivity contribution < 1.29 is 18.3 Å². The van der Waals surface area contributed by atoms with Crippen LogP contribution in [0.2, 0.25) is 0 Å². The number of carboxylic acids is 1. The summed E-state index contributed by atoms with van der Waals surface area (Å²) in [4.78, 5) is 24.1. The average Bonchev–Trinajstić information content (AvgIpc) is 3.13. The Morgan fingerprint density at radius 2 is 1.73 bits per heavy atom. The van der Waals surface area contributed by atoms with Crippen LogP contribution < -0.4 is 0 Å². The Hall–Kier alpha value is -3.30. The highest BCUT2D eigenvalue weighted by Gasteiger charge is 2.24. The van der Waals surface area contributed by atoms with Crippen LogP contribution in [0.5, 0.6) is 0 Å². The van der Waals surface area contributed by atoms with Gasteiger partial charge in [0.05, 0.1) is 16.6 Å². The Kier molecular flexibility index (Phi) is 4.59. The first kappa shape index (κ1) is 20.0. The maximum atomic E-state index is 12.7. The minimum Gasteiger partial charge on any atom is -0.478 e. The third-order valence-electron chi connectivity index (χ3n) is 5.09. The zero-order valence-corrected chi connectivity index (χ0v) is 17.7. The van der Waals surface area contributed by atoms with Crippen molar-refractivity contribution in [3.63, 3.8) is 0 Å². The standard InChI is InChI=1S/C21H20N4O4S/c1-11-8-9-12(2)17-13(11)10-14(21(26)27)18(23-17)20-22-15-6-5-7-16(19(15)24-20)30(28,29)25(3)4/h5-10H,1-4H3,(H,22,24)(H,26,27). The number of imidazole rings is 1. The predicted octanol–water partition coefficient (Wildman–Crippen LogP) is 3.34. The molecule has 4 aromatic rings. The highest BCUT2D eigenvalue weighted by atomic mass is 32.2. The van der Waals surface area contributed by atoms with Gasteiger partial charge in [-0.05, 0) is 43.2 Å². The minimum atomic E-state index is -3.73. The number of carboxylic acid groups (broad SMARTS) is 1. The molecule has 0 spiro atoms. The Morgan fingerprint density at radius 1 is 1.03 bits per heavy atom. The third kappa shape index (κ3) is 3.03. The molecule has 2 N–H and O–H groups in total. The van der Waals surface area contributed by atoms with Crippen molar-refractivity contribution in [1.29, 1.82) is 0 Å². The highest BCUT2D eigenvalue weighted by molar-refractivity contribution is 7.89. The van der Waals surface area contributed by atoms with Gasteiger partial charge in [0.2, 0.25) is 10.0 Å². The molecule has 0 radical (unpaired) electrons. The Bertz CT molecular complexity index is 1440. The Morgan fingerprint density at radius 3 is 2.40 bits per heavy atom. The van der Waals surface area contributed by atoms with Crippen LogP contribution >= 0.6 is 0 Å². The SMILES string of the molecule is Cc1ccc(C)c2nc(-c3nc4c(S(=O)(=O)N(C)C)cccc4[nH]3)c(C(=O)O)cc12. The molecule has 0 saturated heterocycles. The molecule has 0 amide bonds. The molecule has 2 aromatic heterocycles. The van der Waals surface area contributed by atoms with Gasteiger partial charge in [-0.3, -0.25) is 0 Å². The molecule has 8 nitrogen and oxygen atoms in total. The van der Waals surface area contributed by atoms with Crippen LogP contribution in [0.1, 0.15) is 21.5 Å². The van der Waals surface area contributed by atoms with E-state index in [4.69, 9.17) is 0 Å². The lowest BCUT2D eigenvalue weighted by atomic mass is 10.0. The molecule has 2 aromatic carbocycles. The van der Waals surface area contributed by atoms with Gasteiger partial charge in [-0.15, -0.1) is 0 Å². The van der Waals surface area contributed by atoms with Gasteiger partial charge in [-0.1, -0.05) is 18.2 Å². The highest BCUT2D eigenvalue weighted by Crippen LogP contribution is 2.31. The average molecular weight is 424 g/mol. The number of aromatic amines is 1. The molecule has 0 aliphatic rings. The fraction of sp³-hybridized carbons (Fsp3) is 0.190. The number of hydrogen-bond acceptors (Lipinski definition) is 5. The fourth-order valence-electron chi connectivity index (χ4n) is 3.40. The number of nitrogens with one attached hydrogen (secondary N) is 1. The third-order valence-corrected chi connectivity index (χ3v) is 6.94. The van der Waals surface area contributed by atoms with Crippen molar-refractivity contribution in [3.05, 3.63) is 53.1 Å². The summed E-state index contributed by atoms with van der Waals surface area (Å²) >= 11 is 0. The zero-order valence-electron chi connectivity index (χ0n) is 16.9. The molecule has 0 bridgehead atoms. The number of nitrogens with zero attached hydrogens (tertiary/aromatic N) is 3. The lowest BCUT2D eigenvalue weighted by Crippen LogP contribution is -2.22. The molecule has 154 valence electrons. The van der Waals surface area contributed by atoms with E-state index < -0.39 is 16.0 Å². The summed E-state index contributed by atoms with van der Waals surface area (Å²) in [5.74, 6) is -0.937. The van der Waals surface area contributed by atoms with E-state index in [-0.39, 0.29) is 27.5 Å². The second kappa shape index (κ2) is 6.89. The van der Waals surface area contributed by atoms with Gasteiger partial charge in [-0.25, -0.2) is 27.5 Å². The van der Waals surface area contributed by atoms with E-state index in [1.165, 1.54) is 20.2 Å². The van der Waals surface area contributed by atoms with E-state index in [1.54, 1.807) is 18.2 Å². The first-order valence-electron chi connectivity index (χ1n) is 9.17. The smallest absolute Gasteiger partial charge is 0.338 e. The Balaban J connectivity index is 2.05. The number of aromatic carboxylic acids is 1. The number of aryl methyl sites for hydroxylation is 2. The van der Waals surface area contributed by atoms with E-state index in [0.29, 0.717) is 11.0 Å². The molecule has 2 heterocycles. The van der Waals surface area contributed by atoms with Crippen LogP contribution in [-0.2, 0) is 10.0 Å². The number of pyridine rings is 1. The van der Waals surface area contributed by atoms with Crippen molar-refractivity contribution >= 4 is 37.9 Å². The number of fused-ring (bicyclic) bond motifs is 2. The van der Waals surface area contributed by atoms with Gasteiger partial charge in [0.25, 0.3) is 0 Å². The van der Waals surface area contributed by atoms with Crippen LogP contribution in [0, 0.1) is 13.8 Å². The van der Waals surface area contributed by atoms with E-state index in [0.717, 1.165) is 20.8 Å². The molecule has 0 aliphatic carbocycles. The minimum absolute atomic E-state index is 0.00715. The van der Waals surface area contributed by atoms with E-state index in [1.807, 2.05) is 26.0 Å². The summed E-state index contributed by atoms with van der Waals surface area (Å²) in [6, 6.07) is 10.2. The molecule has 4 rings (SSSR count). The summed E-state index contributed by atoms with van der Waals surface area (Å²) in [6.45, 7) is 3.80. The van der Waals surface area contributed by atoms with E-state index in [9.17, 15) is 18.3 Å². The second-order valence-electron chi connectivity index (χ2n) is 7.31. The van der Waals surface area contributed by atoms with Crippen LogP contribution in [-0.4, -0.2) is 52.8 Å². The molecule has 0 unspecified atom stereocenters. The normalized spacial score (nSPS) is 12.2. The lowest BCUT2D eigenvalue weighted by molar-refractivity contribution is 0.0697. The number of H-pyrrole nitrogens is 1. The van der Waals surface area contributed by atoms with Crippen molar-refractivity contribution in [2.45, 2.75) is 18.7 Å². The molecular formula is C21H20N4O4S. The number of sulfonamides is 1. The number of hydrogen-bond donors (Lipinski definition) is 2. The predicted molar refractivity (Wildman–Crippen MR) is 114 cm³/mol. The summed E-state index contributed by atoms with van der Waals surface area (Å²) in [5.41, 5.74) is 3.37. The maximum Gasteiger partial charge on any atom is 0.338 e. The van der Waals surface area contributed by atoms with Crippen LogP contribution in [0.3, 0.4) is 0 Å². The molecule has 0 fully saturated rings. The summed E-state index contributed by atoms with van der Waals surface area (Å²) in [6.07, 6.45) is 0. The Labute approximate surface area is 173 Å². The van der Waals surface area contributed by atoms with Crippen molar-refractivity contribution in [2.75, 3.05) is 14.1 Å². The van der Waals surface area contributed by atoms with Crippen LogP contribution in [0.25, 0.3) is 33.5 Å². The van der Waals surface area contributed by atoms with Crippen LogP contribution in [0.15, 0.2) is 41.3 Å². The quantitative estimate of drug-likeness (QED) is 0.519. The van der Waals surface area contributed by atoms with Gasteiger partial charge in [0.15, 0.2) is 5.82 Å². The zero-order chi connectivity index (χ0) is 21.8. The summed E-state index contributed by atoms with van der Waals surface area (Å²) < 4.78 is 26.5. The number of benzene rings is 2. The second-order valence-corrected chi connectivity index (χ2v) is 9.43. The molecule has 9 heteroatoms. The number of carbonyl (C=O) groups is 1. The largest absolute Gasteiger partial charge is 0.478 e. The van der Waals surface area contributed by atoms with Gasteiger partial charge in [0, 0.05) is 19.5 Å². The monoisotopic (exact) mass is 424 g/mol. The van der Waals surface area contributed by atoms with Crippen LogP contribution in [0.4, 0.5) is 0 Å².